The van der Waals surface area contributed by atoms with Crippen molar-refractivity contribution in [3.63, 3.8) is 0 Å². The highest BCUT2D eigenvalue weighted by Gasteiger charge is 2.01. The van der Waals surface area contributed by atoms with Crippen molar-refractivity contribution < 1.29 is 9.47 Å². The average Bonchev–Trinajstić information content (AvgIpc) is 2.41. The molecule has 0 aliphatic carbocycles. The van der Waals surface area contributed by atoms with Gasteiger partial charge in [-0.3, -0.25) is 0 Å². The number of hydrogen-bond donors (Lipinski definition) is 1. The van der Waals surface area contributed by atoms with Gasteiger partial charge in [0.25, 0.3) is 0 Å². The topological polar surface area (TPSA) is 30.5 Å². The largest absolute Gasteiger partial charge is 0.494 e. The van der Waals surface area contributed by atoms with Gasteiger partial charge in [-0.1, -0.05) is 19.1 Å². The zero-order chi connectivity index (χ0) is 13.2. The summed E-state index contributed by atoms with van der Waals surface area (Å²) in [6.45, 7) is 6.76. The lowest BCUT2D eigenvalue weighted by Crippen LogP contribution is -2.26. The molecule has 0 saturated heterocycles. The minimum Gasteiger partial charge on any atom is -0.494 e. The molecule has 18 heavy (non-hydrogen) atoms. The van der Waals surface area contributed by atoms with Crippen molar-refractivity contribution in [1.29, 1.82) is 0 Å². The lowest BCUT2D eigenvalue weighted by Gasteiger charge is -2.13. The smallest absolute Gasteiger partial charge is 0.119 e. The zero-order valence-corrected chi connectivity index (χ0v) is 11.7. The number of ether oxygens (including phenoxy) is 2. The second-order valence-corrected chi connectivity index (χ2v) is 4.56. The van der Waals surface area contributed by atoms with Crippen molar-refractivity contribution in [3.8, 4) is 5.75 Å². The Hall–Kier alpha value is -1.06. The van der Waals surface area contributed by atoms with Gasteiger partial charge in [0.1, 0.15) is 5.75 Å². The summed E-state index contributed by atoms with van der Waals surface area (Å²) in [7, 11) is 1.74. The molecule has 0 saturated carbocycles. The molecule has 0 aliphatic rings. The molecule has 0 fully saturated rings. The van der Waals surface area contributed by atoms with E-state index < -0.39 is 0 Å². The van der Waals surface area contributed by atoms with Gasteiger partial charge in [0, 0.05) is 26.3 Å². The third-order valence-electron chi connectivity index (χ3n) is 2.81. The molecular formula is C15H25NO2. The van der Waals surface area contributed by atoms with Crippen LogP contribution in [0.15, 0.2) is 24.3 Å². The maximum atomic E-state index is 5.55. The fraction of sp³-hybridized carbons (Fsp3) is 0.600. The van der Waals surface area contributed by atoms with Gasteiger partial charge in [-0.25, -0.2) is 0 Å². The molecule has 0 heterocycles. The fourth-order valence-corrected chi connectivity index (χ4v) is 1.61. The molecule has 3 nitrogen and oxygen atoms in total. The summed E-state index contributed by atoms with van der Waals surface area (Å²) in [6.07, 6.45) is 2.08. The van der Waals surface area contributed by atoms with E-state index in [9.17, 15) is 0 Å². The maximum absolute atomic E-state index is 5.55. The highest BCUT2D eigenvalue weighted by Crippen LogP contribution is 2.12. The van der Waals surface area contributed by atoms with Crippen LogP contribution in [0.2, 0.25) is 0 Å². The molecule has 1 atom stereocenters. The fourth-order valence-electron chi connectivity index (χ4n) is 1.61. The van der Waals surface area contributed by atoms with Gasteiger partial charge >= 0.3 is 0 Å². The van der Waals surface area contributed by atoms with Crippen molar-refractivity contribution in [2.24, 2.45) is 0 Å². The zero-order valence-electron chi connectivity index (χ0n) is 11.7. The average molecular weight is 251 g/mol. The summed E-state index contributed by atoms with van der Waals surface area (Å²) >= 11 is 0. The molecule has 1 rings (SSSR count). The molecule has 0 aromatic heterocycles. The van der Waals surface area contributed by atoms with Gasteiger partial charge in [-0.05, 0) is 37.5 Å². The molecule has 0 spiro atoms. The van der Waals surface area contributed by atoms with Crippen LogP contribution in [0.1, 0.15) is 32.3 Å². The van der Waals surface area contributed by atoms with Crippen LogP contribution >= 0.6 is 0 Å². The predicted molar refractivity (Wildman–Crippen MR) is 75.0 cm³/mol. The highest BCUT2D eigenvalue weighted by molar-refractivity contribution is 5.27. The first-order valence-electron chi connectivity index (χ1n) is 6.70. The summed E-state index contributed by atoms with van der Waals surface area (Å²) in [4.78, 5) is 0. The molecule has 0 amide bonds. The van der Waals surface area contributed by atoms with Crippen LogP contribution in [0.3, 0.4) is 0 Å². The maximum Gasteiger partial charge on any atom is 0.119 e. The normalized spacial score (nSPS) is 12.4. The Labute approximate surface area is 110 Å². The third-order valence-corrected chi connectivity index (χ3v) is 2.81. The van der Waals surface area contributed by atoms with Gasteiger partial charge in [0.2, 0.25) is 0 Å². The molecule has 1 unspecified atom stereocenters. The standard InChI is InChI=1S/C15H25NO2/c1-4-10-18-15-7-5-14(6-8-15)12-16-13(2)9-11-17-3/h5-8,13,16H,4,9-12H2,1-3H3. The molecule has 0 bridgehead atoms. The van der Waals surface area contributed by atoms with Crippen molar-refractivity contribution in [2.45, 2.75) is 39.3 Å². The van der Waals surface area contributed by atoms with Gasteiger partial charge in [0.05, 0.1) is 6.61 Å². The Kier molecular flexibility index (Phi) is 7.46. The van der Waals surface area contributed by atoms with Crippen molar-refractivity contribution >= 4 is 0 Å². The molecule has 1 aromatic carbocycles. The Balaban J connectivity index is 2.30. The molecular weight excluding hydrogens is 226 g/mol. The van der Waals surface area contributed by atoms with E-state index in [1.165, 1.54) is 5.56 Å². The van der Waals surface area contributed by atoms with E-state index >= 15 is 0 Å². The van der Waals surface area contributed by atoms with Crippen molar-refractivity contribution in [1.82, 2.24) is 5.32 Å². The van der Waals surface area contributed by atoms with Crippen LogP contribution in [-0.2, 0) is 11.3 Å². The summed E-state index contributed by atoms with van der Waals surface area (Å²) in [5.41, 5.74) is 1.28. The van der Waals surface area contributed by atoms with E-state index in [1.807, 2.05) is 12.1 Å². The lowest BCUT2D eigenvalue weighted by molar-refractivity contribution is 0.184. The first-order chi connectivity index (χ1) is 8.76. The van der Waals surface area contributed by atoms with Gasteiger partial charge in [-0.2, -0.15) is 0 Å². The number of nitrogens with one attached hydrogen (secondary N) is 1. The van der Waals surface area contributed by atoms with E-state index in [1.54, 1.807) is 7.11 Å². The molecule has 1 aromatic rings. The van der Waals surface area contributed by atoms with Crippen LogP contribution in [0.25, 0.3) is 0 Å². The molecule has 102 valence electrons. The van der Waals surface area contributed by atoms with Crippen LogP contribution in [0, 0.1) is 0 Å². The highest BCUT2D eigenvalue weighted by atomic mass is 16.5. The van der Waals surface area contributed by atoms with Crippen LogP contribution in [-0.4, -0.2) is 26.4 Å². The van der Waals surface area contributed by atoms with Crippen LogP contribution in [0.4, 0.5) is 0 Å². The monoisotopic (exact) mass is 251 g/mol. The Bertz CT molecular complexity index is 311. The predicted octanol–water partition coefficient (Wildman–Crippen LogP) is 2.99. The second-order valence-electron chi connectivity index (χ2n) is 4.56. The minimum atomic E-state index is 0.473. The number of benzene rings is 1. The number of methoxy groups -OCH3 is 1. The van der Waals surface area contributed by atoms with Crippen molar-refractivity contribution in [3.05, 3.63) is 29.8 Å². The van der Waals surface area contributed by atoms with Gasteiger partial charge in [0.15, 0.2) is 0 Å². The molecule has 0 aliphatic heterocycles. The molecule has 3 heteroatoms. The first kappa shape index (κ1) is 15.0. The van der Waals surface area contributed by atoms with Crippen LogP contribution in [0.5, 0.6) is 5.75 Å². The molecule has 1 N–H and O–H groups in total. The van der Waals surface area contributed by atoms with Crippen molar-refractivity contribution in [2.75, 3.05) is 20.3 Å². The SMILES string of the molecule is CCCOc1ccc(CNC(C)CCOC)cc1. The quantitative estimate of drug-likeness (QED) is 0.732. The molecule has 0 radical (unpaired) electrons. The first-order valence-corrected chi connectivity index (χ1v) is 6.70. The summed E-state index contributed by atoms with van der Waals surface area (Å²) in [5.74, 6) is 0.952. The van der Waals surface area contributed by atoms with E-state index in [2.05, 4.69) is 31.3 Å². The summed E-state index contributed by atoms with van der Waals surface area (Å²) in [6, 6.07) is 8.77. The van der Waals surface area contributed by atoms with E-state index in [0.29, 0.717) is 6.04 Å². The Morgan fingerprint density at radius 1 is 1.17 bits per heavy atom. The van der Waals surface area contributed by atoms with E-state index in [4.69, 9.17) is 9.47 Å². The van der Waals surface area contributed by atoms with E-state index in [-0.39, 0.29) is 0 Å². The van der Waals surface area contributed by atoms with Gasteiger partial charge < -0.3 is 14.8 Å². The summed E-state index contributed by atoms with van der Waals surface area (Å²) in [5, 5.41) is 3.48. The minimum absolute atomic E-state index is 0.473. The van der Waals surface area contributed by atoms with E-state index in [0.717, 1.165) is 38.3 Å². The third kappa shape index (κ3) is 6.03. The number of hydrogen-bond acceptors (Lipinski definition) is 3. The van der Waals surface area contributed by atoms with Crippen LogP contribution < -0.4 is 10.1 Å². The second kappa shape index (κ2) is 8.95. The summed E-state index contributed by atoms with van der Waals surface area (Å²) < 4.78 is 10.6. The Morgan fingerprint density at radius 2 is 1.89 bits per heavy atom. The Morgan fingerprint density at radius 3 is 2.50 bits per heavy atom. The lowest BCUT2D eigenvalue weighted by atomic mass is 10.2. The van der Waals surface area contributed by atoms with Gasteiger partial charge in [-0.15, -0.1) is 0 Å². The number of rotatable bonds is 9.